The maximum Gasteiger partial charge on any atom is 0.135 e. The Kier molecular flexibility index (Phi) is 3.36. The summed E-state index contributed by atoms with van der Waals surface area (Å²) >= 11 is 0. The quantitative estimate of drug-likeness (QED) is 0.493. The zero-order chi connectivity index (χ0) is 14.8. The second kappa shape index (κ2) is 5.33. The SMILES string of the molecule is C=C/C=C(/OC)c1ccc2c(c1)C(=C)c1ccccc1O2. The van der Waals surface area contributed by atoms with Crippen molar-refractivity contribution in [2.75, 3.05) is 7.11 Å². The van der Waals surface area contributed by atoms with Gasteiger partial charge in [0.1, 0.15) is 17.3 Å². The summed E-state index contributed by atoms with van der Waals surface area (Å²) < 4.78 is 11.3. The summed E-state index contributed by atoms with van der Waals surface area (Å²) in [5.74, 6) is 2.42. The first-order valence-corrected chi connectivity index (χ1v) is 6.72. The highest BCUT2D eigenvalue weighted by Gasteiger charge is 2.20. The zero-order valence-electron chi connectivity index (χ0n) is 11.9. The second-order valence-electron chi connectivity index (χ2n) is 4.76. The summed E-state index contributed by atoms with van der Waals surface area (Å²) in [5, 5.41) is 0. The largest absolute Gasteiger partial charge is 0.496 e. The third kappa shape index (κ3) is 2.25. The summed E-state index contributed by atoms with van der Waals surface area (Å²) in [6.07, 6.45) is 3.54. The fraction of sp³-hybridized carbons (Fsp3) is 0.0526. The minimum atomic E-state index is 0.763. The molecule has 0 fully saturated rings. The molecule has 1 aliphatic heterocycles. The smallest absolute Gasteiger partial charge is 0.135 e. The van der Waals surface area contributed by atoms with Gasteiger partial charge in [-0.25, -0.2) is 0 Å². The monoisotopic (exact) mass is 276 g/mol. The molecule has 2 heteroatoms. The summed E-state index contributed by atoms with van der Waals surface area (Å²) in [7, 11) is 1.65. The van der Waals surface area contributed by atoms with E-state index in [2.05, 4.69) is 13.2 Å². The van der Waals surface area contributed by atoms with Crippen LogP contribution in [0, 0.1) is 0 Å². The Morgan fingerprint density at radius 1 is 1.10 bits per heavy atom. The van der Waals surface area contributed by atoms with Crippen LogP contribution in [0.2, 0.25) is 0 Å². The van der Waals surface area contributed by atoms with E-state index in [9.17, 15) is 0 Å². The molecule has 104 valence electrons. The van der Waals surface area contributed by atoms with Crippen LogP contribution in [0.25, 0.3) is 11.3 Å². The molecule has 0 saturated carbocycles. The van der Waals surface area contributed by atoms with Gasteiger partial charge in [0.2, 0.25) is 0 Å². The van der Waals surface area contributed by atoms with Crippen LogP contribution in [0.15, 0.2) is 67.8 Å². The minimum absolute atomic E-state index is 0.763. The van der Waals surface area contributed by atoms with Gasteiger partial charge < -0.3 is 9.47 Å². The molecule has 0 bridgehead atoms. The van der Waals surface area contributed by atoms with Crippen LogP contribution in [0.4, 0.5) is 0 Å². The topological polar surface area (TPSA) is 18.5 Å². The highest BCUT2D eigenvalue weighted by atomic mass is 16.5. The summed E-state index contributed by atoms with van der Waals surface area (Å²) in [6.45, 7) is 7.92. The van der Waals surface area contributed by atoms with E-state index in [1.807, 2.05) is 48.5 Å². The molecule has 2 aromatic rings. The second-order valence-corrected chi connectivity index (χ2v) is 4.76. The van der Waals surface area contributed by atoms with E-state index in [1.54, 1.807) is 13.2 Å². The lowest BCUT2D eigenvalue weighted by Crippen LogP contribution is -2.02. The van der Waals surface area contributed by atoms with Crippen molar-refractivity contribution in [1.29, 1.82) is 0 Å². The van der Waals surface area contributed by atoms with Crippen molar-refractivity contribution in [3.8, 4) is 11.5 Å². The number of fused-ring (bicyclic) bond motifs is 2. The van der Waals surface area contributed by atoms with Crippen molar-refractivity contribution in [3.63, 3.8) is 0 Å². The first-order chi connectivity index (χ1) is 10.2. The molecule has 1 heterocycles. The van der Waals surface area contributed by atoms with Gasteiger partial charge in [0.25, 0.3) is 0 Å². The highest BCUT2D eigenvalue weighted by Crippen LogP contribution is 2.43. The van der Waals surface area contributed by atoms with Gasteiger partial charge in [-0.3, -0.25) is 0 Å². The molecule has 1 aliphatic rings. The molecule has 2 nitrogen and oxygen atoms in total. The third-order valence-electron chi connectivity index (χ3n) is 3.51. The van der Waals surface area contributed by atoms with Crippen LogP contribution in [-0.2, 0) is 4.74 Å². The summed E-state index contributed by atoms with van der Waals surface area (Å²) in [5.41, 5.74) is 3.94. The third-order valence-corrected chi connectivity index (χ3v) is 3.51. The van der Waals surface area contributed by atoms with Crippen molar-refractivity contribution in [2.24, 2.45) is 0 Å². The van der Waals surface area contributed by atoms with Gasteiger partial charge in [-0.2, -0.15) is 0 Å². The summed E-state index contributed by atoms with van der Waals surface area (Å²) in [6, 6.07) is 13.9. The number of para-hydroxylation sites is 1. The lowest BCUT2D eigenvalue weighted by atomic mass is 9.94. The lowest BCUT2D eigenvalue weighted by molar-refractivity contribution is 0.370. The molecule has 3 rings (SSSR count). The maximum absolute atomic E-state index is 5.93. The van der Waals surface area contributed by atoms with Crippen LogP contribution in [0.1, 0.15) is 16.7 Å². The van der Waals surface area contributed by atoms with Gasteiger partial charge in [-0.05, 0) is 35.9 Å². The van der Waals surface area contributed by atoms with Crippen LogP contribution in [0.3, 0.4) is 0 Å². The number of benzene rings is 2. The first-order valence-electron chi connectivity index (χ1n) is 6.72. The molecule has 0 radical (unpaired) electrons. The Labute approximate surface area is 124 Å². The van der Waals surface area contributed by atoms with Crippen LogP contribution >= 0.6 is 0 Å². The van der Waals surface area contributed by atoms with E-state index in [0.29, 0.717) is 0 Å². The Balaban J connectivity index is 2.09. The van der Waals surface area contributed by atoms with Crippen molar-refractivity contribution in [3.05, 3.63) is 84.5 Å². The average molecular weight is 276 g/mol. The van der Waals surface area contributed by atoms with Gasteiger partial charge in [0.15, 0.2) is 0 Å². The molecular formula is C19H16O2. The van der Waals surface area contributed by atoms with Crippen LogP contribution in [0.5, 0.6) is 11.5 Å². The van der Waals surface area contributed by atoms with E-state index in [1.165, 1.54) is 0 Å². The van der Waals surface area contributed by atoms with Gasteiger partial charge in [-0.1, -0.05) is 37.4 Å². The van der Waals surface area contributed by atoms with Gasteiger partial charge in [0, 0.05) is 16.7 Å². The zero-order valence-corrected chi connectivity index (χ0v) is 11.9. The fourth-order valence-electron chi connectivity index (χ4n) is 2.47. The van der Waals surface area contributed by atoms with Crippen LogP contribution < -0.4 is 4.74 Å². The Hall–Kier alpha value is -2.74. The van der Waals surface area contributed by atoms with Gasteiger partial charge >= 0.3 is 0 Å². The Morgan fingerprint density at radius 2 is 1.86 bits per heavy atom. The standard InChI is InChI=1S/C19H16O2/c1-4-7-17(20-3)14-10-11-19-16(12-14)13(2)15-8-5-6-9-18(15)21-19/h4-12H,1-2H2,3H3/b17-7+. The number of ether oxygens (including phenoxy) is 2. The Bertz CT molecular complexity index is 754. The molecule has 0 aromatic heterocycles. The number of methoxy groups -OCH3 is 1. The number of rotatable bonds is 3. The van der Waals surface area contributed by atoms with E-state index in [-0.39, 0.29) is 0 Å². The predicted octanol–water partition coefficient (Wildman–Crippen LogP) is 5.03. The molecule has 0 atom stereocenters. The van der Waals surface area contributed by atoms with Crippen molar-refractivity contribution in [2.45, 2.75) is 0 Å². The van der Waals surface area contributed by atoms with Crippen LogP contribution in [-0.4, -0.2) is 7.11 Å². The molecule has 0 N–H and O–H groups in total. The van der Waals surface area contributed by atoms with E-state index in [4.69, 9.17) is 9.47 Å². The lowest BCUT2D eigenvalue weighted by Gasteiger charge is -2.22. The number of hydrogen-bond donors (Lipinski definition) is 0. The maximum atomic E-state index is 5.93. The van der Waals surface area contributed by atoms with Gasteiger partial charge in [0.05, 0.1) is 7.11 Å². The van der Waals surface area contributed by atoms with Crippen molar-refractivity contribution < 1.29 is 9.47 Å². The van der Waals surface area contributed by atoms with E-state index < -0.39 is 0 Å². The van der Waals surface area contributed by atoms with E-state index in [0.717, 1.165) is 39.5 Å². The Morgan fingerprint density at radius 3 is 2.62 bits per heavy atom. The predicted molar refractivity (Wildman–Crippen MR) is 86.3 cm³/mol. The summed E-state index contributed by atoms with van der Waals surface area (Å²) in [4.78, 5) is 0. The first kappa shape index (κ1) is 13.3. The molecule has 0 amide bonds. The molecule has 2 aromatic carbocycles. The van der Waals surface area contributed by atoms with Crippen molar-refractivity contribution in [1.82, 2.24) is 0 Å². The van der Waals surface area contributed by atoms with Gasteiger partial charge in [-0.15, -0.1) is 0 Å². The van der Waals surface area contributed by atoms with Crippen molar-refractivity contribution >= 4 is 11.3 Å². The molecule has 0 saturated heterocycles. The molecule has 21 heavy (non-hydrogen) atoms. The molecule has 0 aliphatic carbocycles. The molecule has 0 spiro atoms. The minimum Gasteiger partial charge on any atom is -0.496 e. The fourth-order valence-corrected chi connectivity index (χ4v) is 2.47. The van der Waals surface area contributed by atoms with E-state index >= 15 is 0 Å². The number of hydrogen-bond acceptors (Lipinski definition) is 2. The normalized spacial score (nSPS) is 13.0. The molecular weight excluding hydrogens is 260 g/mol. The highest BCUT2D eigenvalue weighted by molar-refractivity contribution is 5.87. The molecule has 0 unspecified atom stereocenters. The number of allylic oxidation sites excluding steroid dienone is 2. The average Bonchev–Trinajstić information content (AvgIpc) is 2.53.